The zero-order valence-corrected chi connectivity index (χ0v) is 16.8. The number of nitrogens with zero attached hydrogens (tertiary/aromatic N) is 1. The van der Waals surface area contributed by atoms with Crippen molar-refractivity contribution in [1.29, 1.82) is 0 Å². The van der Waals surface area contributed by atoms with Crippen LogP contribution < -0.4 is 15.0 Å². The van der Waals surface area contributed by atoms with E-state index in [0.717, 1.165) is 15.7 Å². The van der Waals surface area contributed by atoms with Crippen LogP contribution in [0.25, 0.3) is 16.8 Å². The largest absolute Gasteiger partial charge is 0.493 e. The Hall–Kier alpha value is -3.64. The number of benzene rings is 3. The van der Waals surface area contributed by atoms with Crippen LogP contribution >= 0.6 is 11.6 Å². The summed E-state index contributed by atoms with van der Waals surface area (Å²) in [5, 5.41) is 4.18. The highest BCUT2D eigenvalue weighted by Gasteiger charge is 2.37. The molecule has 30 heavy (non-hydrogen) atoms. The van der Waals surface area contributed by atoms with Crippen molar-refractivity contribution < 1.29 is 19.1 Å². The van der Waals surface area contributed by atoms with Gasteiger partial charge in [-0.25, -0.2) is 9.69 Å². The third-order valence-electron chi connectivity index (χ3n) is 4.71. The van der Waals surface area contributed by atoms with Crippen molar-refractivity contribution in [2.45, 2.75) is 6.92 Å². The summed E-state index contributed by atoms with van der Waals surface area (Å²) in [7, 11) is 0. The van der Waals surface area contributed by atoms with Crippen LogP contribution in [-0.2, 0) is 9.59 Å². The number of imide groups is 2. The van der Waals surface area contributed by atoms with Gasteiger partial charge in [0.15, 0.2) is 0 Å². The highest BCUT2D eigenvalue weighted by molar-refractivity contribution is 6.42. The molecule has 0 spiro atoms. The molecule has 1 saturated heterocycles. The molecule has 0 bridgehead atoms. The van der Waals surface area contributed by atoms with Gasteiger partial charge >= 0.3 is 6.03 Å². The predicted molar refractivity (Wildman–Crippen MR) is 116 cm³/mol. The van der Waals surface area contributed by atoms with Gasteiger partial charge in [-0.05, 0) is 42.0 Å². The molecule has 7 heteroatoms. The normalized spacial score (nSPS) is 15.6. The molecule has 0 saturated carbocycles. The standard InChI is InChI=1S/C23H17ClN2O4/c1-2-30-20-12-11-14-7-3-4-8-15(14)16(20)13-17-21(27)25-23(29)26(22(17)28)19-10-6-5-9-18(19)24/h3-13H,2H2,1H3,(H,25,27,29)/b17-13+. The lowest BCUT2D eigenvalue weighted by Crippen LogP contribution is -2.54. The van der Waals surface area contributed by atoms with E-state index in [2.05, 4.69) is 5.32 Å². The lowest BCUT2D eigenvalue weighted by molar-refractivity contribution is -0.122. The Bertz CT molecular complexity index is 1220. The van der Waals surface area contributed by atoms with E-state index in [0.29, 0.717) is 17.9 Å². The Balaban J connectivity index is 1.88. The van der Waals surface area contributed by atoms with E-state index in [1.165, 1.54) is 12.1 Å². The van der Waals surface area contributed by atoms with Gasteiger partial charge in [-0.1, -0.05) is 54.1 Å². The number of hydrogen-bond acceptors (Lipinski definition) is 4. The first-order valence-electron chi connectivity index (χ1n) is 9.31. The van der Waals surface area contributed by atoms with Gasteiger partial charge in [0.2, 0.25) is 0 Å². The molecule has 1 aliphatic heterocycles. The Morgan fingerprint density at radius 2 is 1.73 bits per heavy atom. The van der Waals surface area contributed by atoms with Crippen LogP contribution in [0.15, 0.2) is 66.2 Å². The summed E-state index contributed by atoms with van der Waals surface area (Å²) < 4.78 is 5.72. The fourth-order valence-electron chi connectivity index (χ4n) is 3.36. The maximum absolute atomic E-state index is 13.2. The Morgan fingerprint density at radius 1 is 1.00 bits per heavy atom. The van der Waals surface area contributed by atoms with Gasteiger partial charge < -0.3 is 4.74 Å². The molecular formula is C23H17ClN2O4. The summed E-state index contributed by atoms with van der Waals surface area (Å²) in [5.41, 5.74) is 0.594. The SMILES string of the molecule is CCOc1ccc2ccccc2c1/C=C1\C(=O)NC(=O)N(c2ccccc2Cl)C1=O. The maximum Gasteiger partial charge on any atom is 0.335 e. The Labute approximate surface area is 177 Å². The average molecular weight is 421 g/mol. The van der Waals surface area contributed by atoms with Gasteiger partial charge in [0.25, 0.3) is 11.8 Å². The van der Waals surface area contributed by atoms with Crippen LogP contribution in [0.1, 0.15) is 12.5 Å². The Kier molecular flexibility index (Phi) is 5.25. The second-order valence-electron chi connectivity index (χ2n) is 6.54. The van der Waals surface area contributed by atoms with E-state index in [9.17, 15) is 14.4 Å². The highest BCUT2D eigenvalue weighted by Crippen LogP contribution is 2.33. The molecule has 0 aromatic heterocycles. The molecule has 1 heterocycles. The van der Waals surface area contributed by atoms with Crippen molar-refractivity contribution in [3.05, 3.63) is 76.8 Å². The van der Waals surface area contributed by atoms with Crippen LogP contribution in [0, 0.1) is 0 Å². The number of anilines is 1. The second kappa shape index (κ2) is 8.00. The summed E-state index contributed by atoms with van der Waals surface area (Å²) >= 11 is 6.18. The van der Waals surface area contributed by atoms with E-state index in [-0.39, 0.29) is 16.3 Å². The van der Waals surface area contributed by atoms with Gasteiger partial charge in [0.1, 0.15) is 11.3 Å². The van der Waals surface area contributed by atoms with Crippen LogP contribution in [-0.4, -0.2) is 24.5 Å². The summed E-state index contributed by atoms with van der Waals surface area (Å²) in [6.07, 6.45) is 1.46. The molecule has 3 aromatic carbocycles. The van der Waals surface area contributed by atoms with E-state index in [1.54, 1.807) is 24.3 Å². The number of halogens is 1. The fraction of sp³-hybridized carbons (Fsp3) is 0.0870. The lowest BCUT2D eigenvalue weighted by Gasteiger charge is -2.27. The number of rotatable bonds is 4. The molecule has 1 fully saturated rings. The van der Waals surface area contributed by atoms with Gasteiger partial charge in [-0.3, -0.25) is 14.9 Å². The minimum atomic E-state index is -0.849. The first kappa shape index (κ1) is 19.7. The van der Waals surface area contributed by atoms with E-state index < -0.39 is 17.8 Å². The molecule has 0 aliphatic carbocycles. The van der Waals surface area contributed by atoms with Crippen molar-refractivity contribution in [2.75, 3.05) is 11.5 Å². The van der Waals surface area contributed by atoms with Crippen LogP contribution in [0.3, 0.4) is 0 Å². The van der Waals surface area contributed by atoms with Gasteiger partial charge in [0, 0.05) is 5.56 Å². The van der Waals surface area contributed by atoms with Gasteiger partial charge in [-0.15, -0.1) is 0 Å². The third-order valence-corrected chi connectivity index (χ3v) is 5.03. The van der Waals surface area contributed by atoms with Crippen LogP contribution in [0.2, 0.25) is 5.02 Å². The molecular weight excluding hydrogens is 404 g/mol. The molecule has 1 N–H and O–H groups in total. The maximum atomic E-state index is 13.2. The van der Waals surface area contributed by atoms with E-state index in [1.807, 2.05) is 37.3 Å². The molecule has 6 nitrogen and oxygen atoms in total. The Morgan fingerprint density at radius 3 is 2.50 bits per heavy atom. The molecule has 4 amide bonds. The molecule has 150 valence electrons. The monoisotopic (exact) mass is 420 g/mol. The number of para-hydroxylation sites is 1. The van der Waals surface area contributed by atoms with Crippen LogP contribution in [0.5, 0.6) is 5.75 Å². The second-order valence-corrected chi connectivity index (χ2v) is 6.95. The average Bonchev–Trinajstić information content (AvgIpc) is 2.73. The van der Waals surface area contributed by atoms with Crippen molar-refractivity contribution in [3.63, 3.8) is 0 Å². The quantitative estimate of drug-likeness (QED) is 0.496. The molecule has 0 unspecified atom stereocenters. The summed E-state index contributed by atoms with van der Waals surface area (Å²) in [6, 6.07) is 16.9. The fourth-order valence-corrected chi connectivity index (χ4v) is 3.58. The molecule has 4 rings (SSSR count). The number of amides is 4. The molecule has 0 atom stereocenters. The van der Waals surface area contributed by atoms with Crippen LogP contribution in [0.4, 0.5) is 10.5 Å². The number of nitrogens with one attached hydrogen (secondary N) is 1. The molecule has 3 aromatic rings. The molecule has 0 radical (unpaired) electrons. The molecule has 1 aliphatic rings. The van der Waals surface area contributed by atoms with Crippen molar-refractivity contribution in [2.24, 2.45) is 0 Å². The van der Waals surface area contributed by atoms with Crippen molar-refractivity contribution >= 4 is 52.0 Å². The zero-order valence-electron chi connectivity index (χ0n) is 16.0. The summed E-state index contributed by atoms with van der Waals surface area (Å²) in [5.74, 6) is -0.999. The highest BCUT2D eigenvalue weighted by atomic mass is 35.5. The number of barbiturate groups is 1. The number of carbonyl (C=O) groups excluding carboxylic acids is 3. The third kappa shape index (κ3) is 3.42. The number of urea groups is 1. The van der Waals surface area contributed by atoms with Gasteiger partial charge in [-0.2, -0.15) is 0 Å². The minimum Gasteiger partial charge on any atom is -0.493 e. The number of fused-ring (bicyclic) bond motifs is 1. The zero-order chi connectivity index (χ0) is 21.3. The van der Waals surface area contributed by atoms with E-state index >= 15 is 0 Å². The summed E-state index contributed by atoms with van der Waals surface area (Å²) in [6.45, 7) is 2.27. The van der Waals surface area contributed by atoms with E-state index in [4.69, 9.17) is 16.3 Å². The number of ether oxygens (including phenoxy) is 1. The predicted octanol–water partition coefficient (Wildman–Crippen LogP) is 4.56. The smallest absolute Gasteiger partial charge is 0.335 e. The first-order chi connectivity index (χ1) is 14.5. The topological polar surface area (TPSA) is 75.7 Å². The number of hydrogen-bond donors (Lipinski definition) is 1. The lowest BCUT2D eigenvalue weighted by atomic mass is 9.99. The van der Waals surface area contributed by atoms with Crippen molar-refractivity contribution in [3.8, 4) is 5.75 Å². The van der Waals surface area contributed by atoms with Gasteiger partial charge in [0.05, 0.1) is 17.3 Å². The minimum absolute atomic E-state index is 0.188. The summed E-state index contributed by atoms with van der Waals surface area (Å²) in [4.78, 5) is 39.0. The first-order valence-corrected chi connectivity index (χ1v) is 9.69. The van der Waals surface area contributed by atoms with Crippen molar-refractivity contribution in [1.82, 2.24) is 5.32 Å². The number of carbonyl (C=O) groups is 3.